The van der Waals surface area contributed by atoms with Crippen molar-refractivity contribution in [1.82, 2.24) is 0 Å². The fourth-order valence-electron chi connectivity index (χ4n) is 2.52. The molecule has 0 radical (unpaired) electrons. The maximum absolute atomic E-state index is 12.3. The van der Waals surface area contributed by atoms with Gasteiger partial charge in [0.2, 0.25) is 0 Å². The summed E-state index contributed by atoms with van der Waals surface area (Å²) >= 11 is 0. The minimum absolute atomic E-state index is 0.0624. The van der Waals surface area contributed by atoms with Gasteiger partial charge in [-0.2, -0.15) is 5.26 Å². The maximum Gasteiger partial charge on any atom is 0.270 e. The summed E-state index contributed by atoms with van der Waals surface area (Å²) in [4.78, 5) is 22.8. The molecule has 0 fully saturated rings. The number of rotatable bonds is 6. The lowest BCUT2D eigenvalue weighted by Crippen LogP contribution is -2.13. The largest absolute Gasteiger partial charge is 0.497 e. The van der Waals surface area contributed by atoms with Gasteiger partial charge >= 0.3 is 0 Å². The van der Waals surface area contributed by atoms with E-state index in [1.54, 1.807) is 48.5 Å². The molecule has 8 heteroatoms. The Morgan fingerprint density at radius 2 is 1.97 bits per heavy atom. The fraction of sp³-hybridized carbons (Fsp3) is 0.0476. The van der Waals surface area contributed by atoms with Crippen molar-refractivity contribution >= 4 is 23.4 Å². The summed E-state index contributed by atoms with van der Waals surface area (Å²) in [5, 5.41) is 22.9. The number of amides is 1. The van der Waals surface area contributed by atoms with Crippen LogP contribution in [0.5, 0.6) is 5.75 Å². The van der Waals surface area contributed by atoms with E-state index in [-0.39, 0.29) is 17.0 Å². The van der Waals surface area contributed by atoms with Crippen molar-refractivity contribution in [1.29, 1.82) is 5.26 Å². The van der Waals surface area contributed by atoms with Crippen LogP contribution < -0.4 is 10.1 Å². The molecule has 1 heterocycles. The van der Waals surface area contributed by atoms with Crippen LogP contribution in [0.2, 0.25) is 0 Å². The summed E-state index contributed by atoms with van der Waals surface area (Å²) < 4.78 is 10.7. The van der Waals surface area contributed by atoms with E-state index in [0.717, 1.165) is 0 Å². The van der Waals surface area contributed by atoms with Crippen molar-refractivity contribution in [3.05, 3.63) is 82.1 Å². The second-order valence-corrected chi connectivity index (χ2v) is 5.86. The second kappa shape index (κ2) is 8.54. The Kier molecular flexibility index (Phi) is 5.71. The third-order valence-corrected chi connectivity index (χ3v) is 3.97. The highest BCUT2D eigenvalue weighted by molar-refractivity contribution is 6.09. The molecule has 3 rings (SSSR count). The fourth-order valence-corrected chi connectivity index (χ4v) is 2.52. The van der Waals surface area contributed by atoms with Crippen LogP contribution in [0.25, 0.3) is 17.4 Å². The molecule has 2 aromatic carbocycles. The Morgan fingerprint density at radius 3 is 2.62 bits per heavy atom. The molecule has 0 unspecified atom stereocenters. The monoisotopic (exact) mass is 389 g/mol. The van der Waals surface area contributed by atoms with Gasteiger partial charge in [0.15, 0.2) is 0 Å². The molecule has 0 aliphatic carbocycles. The lowest BCUT2D eigenvalue weighted by Gasteiger charge is -2.05. The zero-order chi connectivity index (χ0) is 20.8. The summed E-state index contributed by atoms with van der Waals surface area (Å²) in [5.74, 6) is 0.704. The molecule has 0 saturated heterocycles. The zero-order valence-corrected chi connectivity index (χ0v) is 15.3. The van der Waals surface area contributed by atoms with E-state index in [1.807, 2.05) is 6.07 Å². The number of methoxy groups -OCH3 is 1. The van der Waals surface area contributed by atoms with Gasteiger partial charge in [-0.25, -0.2) is 0 Å². The first kappa shape index (κ1) is 19.4. The highest BCUT2D eigenvalue weighted by Gasteiger charge is 2.13. The molecule has 1 amide bonds. The van der Waals surface area contributed by atoms with Gasteiger partial charge in [-0.3, -0.25) is 14.9 Å². The molecule has 0 spiro atoms. The smallest absolute Gasteiger partial charge is 0.270 e. The second-order valence-electron chi connectivity index (χ2n) is 5.86. The Bertz CT molecular complexity index is 1120. The van der Waals surface area contributed by atoms with Crippen molar-refractivity contribution in [2.75, 3.05) is 12.4 Å². The van der Waals surface area contributed by atoms with Crippen LogP contribution in [0.1, 0.15) is 5.76 Å². The lowest BCUT2D eigenvalue weighted by molar-refractivity contribution is -0.384. The summed E-state index contributed by atoms with van der Waals surface area (Å²) in [5.41, 5.74) is 0.807. The van der Waals surface area contributed by atoms with E-state index in [4.69, 9.17) is 9.15 Å². The Hall–Kier alpha value is -4.38. The predicted molar refractivity (Wildman–Crippen MR) is 106 cm³/mol. The van der Waals surface area contributed by atoms with Crippen LogP contribution in [-0.4, -0.2) is 17.9 Å². The molecular formula is C21H15N3O5. The molecule has 3 aromatic rings. The molecule has 0 atom stereocenters. The minimum Gasteiger partial charge on any atom is -0.497 e. The van der Waals surface area contributed by atoms with Crippen molar-refractivity contribution < 1.29 is 18.9 Å². The zero-order valence-electron chi connectivity index (χ0n) is 15.3. The number of nitriles is 1. The van der Waals surface area contributed by atoms with Gasteiger partial charge in [-0.1, -0.05) is 12.1 Å². The highest BCUT2D eigenvalue weighted by Crippen LogP contribution is 2.26. The Balaban J connectivity index is 1.79. The first-order valence-electron chi connectivity index (χ1n) is 8.42. The van der Waals surface area contributed by atoms with Crippen LogP contribution in [0.15, 0.2) is 70.7 Å². The van der Waals surface area contributed by atoms with E-state index in [9.17, 15) is 20.2 Å². The number of nitro benzene ring substituents is 1. The number of nitro groups is 1. The first-order chi connectivity index (χ1) is 14.0. The molecule has 0 aliphatic heterocycles. The van der Waals surface area contributed by atoms with Gasteiger partial charge < -0.3 is 14.5 Å². The van der Waals surface area contributed by atoms with E-state index >= 15 is 0 Å². The predicted octanol–water partition coefficient (Wildman–Crippen LogP) is 4.41. The molecule has 0 aliphatic rings. The van der Waals surface area contributed by atoms with Gasteiger partial charge in [0.05, 0.1) is 12.0 Å². The molecule has 144 valence electrons. The van der Waals surface area contributed by atoms with E-state index in [0.29, 0.717) is 22.8 Å². The van der Waals surface area contributed by atoms with E-state index in [2.05, 4.69) is 5.32 Å². The summed E-state index contributed by atoms with van der Waals surface area (Å²) in [6.45, 7) is 0. The minimum atomic E-state index is -0.592. The lowest BCUT2D eigenvalue weighted by atomic mass is 10.1. The van der Waals surface area contributed by atoms with Gasteiger partial charge in [-0.05, 0) is 36.4 Å². The summed E-state index contributed by atoms with van der Waals surface area (Å²) in [6.07, 6.45) is 1.31. The summed E-state index contributed by atoms with van der Waals surface area (Å²) in [7, 11) is 1.54. The van der Waals surface area contributed by atoms with Crippen LogP contribution in [0.3, 0.4) is 0 Å². The Labute approximate surface area is 165 Å². The number of non-ortho nitro benzene ring substituents is 1. The topological polar surface area (TPSA) is 118 Å². The number of benzene rings is 2. The third kappa shape index (κ3) is 4.67. The normalized spacial score (nSPS) is 10.8. The Morgan fingerprint density at radius 1 is 1.21 bits per heavy atom. The number of carbonyl (C=O) groups is 1. The van der Waals surface area contributed by atoms with E-state index in [1.165, 1.54) is 25.3 Å². The molecule has 1 N–H and O–H groups in total. The number of ether oxygens (including phenoxy) is 1. The van der Waals surface area contributed by atoms with E-state index < -0.39 is 10.8 Å². The average Bonchev–Trinajstić information content (AvgIpc) is 3.21. The SMILES string of the molecule is COc1ccc(NC(=O)C(C#N)=Cc2ccc(-c3cccc([N+](=O)[O-])c3)o2)cc1. The third-order valence-electron chi connectivity index (χ3n) is 3.97. The van der Waals surface area contributed by atoms with Gasteiger partial charge in [-0.15, -0.1) is 0 Å². The van der Waals surface area contributed by atoms with Gasteiger partial charge in [0, 0.05) is 29.5 Å². The maximum atomic E-state index is 12.3. The molecular weight excluding hydrogens is 374 g/mol. The summed E-state index contributed by atoms with van der Waals surface area (Å²) in [6, 6.07) is 17.7. The number of furan rings is 1. The standard InChI is InChI=1S/C21H15N3O5/c1-28-18-7-5-16(6-8-18)23-21(25)15(13-22)12-19-9-10-20(29-19)14-3-2-4-17(11-14)24(26)27/h2-12H,1H3,(H,23,25). The van der Waals surface area contributed by atoms with Crippen molar-refractivity contribution in [3.63, 3.8) is 0 Å². The number of hydrogen-bond acceptors (Lipinski definition) is 6. The molecule has 29 heavy (non-hydrogen) atoms. The average molecular weight is 389 g/mol. The van der Waals surface area contributed by atoms with Crippen molar-refractivity contribution in [2.24, 2.45) is 0 Å². The van der Waals surface area contributed by atoms with Crippen molar-refractivity contribution in [2.45, 2.75) is 0 Å². The molecule has 0 saturated carbocycles. The molecule has 8 nitrogen and oxygen atoms in total. The highest BCUT2D eigenvalue weighted by atomic mass is 16.6. The number of nitrogens with zero attached hydrogens (tertiary/aromatic N) is 2. The van der Waals surface area contributed by atoms with Crippen LogP contribution >= 0.6 is 0 Å². The van der Waals surface area contributed by atoms with Crippen LogP contribution in [0.4, 0.5) is 11.4 Å². The van der Waals surface area contributed by atoms with Crippen molar-refractivity contribution in [3.8, 4) is 23.1 Å². The number of hydrogen-bond donors (Lipinski definition) is 1. The molecule has 1 aromatic heterocycles. The number of carbonyl (C=O) groups excluding carboxylic acids is 1. The first-order valence-corrected chi connectivity index (χ1v) is 8.42. The van der Waals surface area contributed by atoms with Gasteiger partial charge in [0.25, 0.3) is 11.6 Å². The van der Waals surface area contributed by atoms with Gasteiger partial charge in [0.1, 0.15) is 28.9 Å². The quantitative estimate of drug-likeness (QED) is 0.289. The van der Waals surface area contributed by atoms with Crippen LogP contribution in [-0.2, 0) is 4.79 Å². The molecule has 0 bridgehead atoms. The number of nitrogens with one attached hydrogen (secondary N) is 1. The number of anilines is 1. The van der Waals surface area contributed by atoms with Crippen LogP contribution in [0, 0.1) is 21.4 Å².